The van der Waals surface area contributed by atoms with E-state index in [1.165, 1.54) is 12.1 Å². The Hall–Kier alpha value is -2.77. The standard InChI is InChI=1S/C21H22FN3O3/c1-25(9-8-20-27-10-11-28-20)16-5-3-15(4-6-16)23-13-18-17-12-14(22)2-7-19(17)24-21(18)26/h2-7,12-13,18,20H,8-11H2,1H3,(H,24,26). The normalized spacial score (nSPS) is 19.2. The number of rotatable bonds is 6. The average Bonchev–Trinajstić information content (AvgIpc) is 3.32. The van der Waals surface area contributed by atoms with E-state index in [1.54, 1.807) is 12.3 Å². The first-order valence-corrected chi connectivity index (χ1v) is 9.29. The lowest BCUT2D eigenvalue weighted by Crippen LogP contribution is -2.23. The second-order valence-electron chi connectivity index (χ2n) is 6.87. The van der Waals surface area contributed by atoms with Crippen molar-refractivity contribution in [1.82, 2.24) is 0 Å². The summed E-state index contributed by atoms with van der Waals surface area (Å²) >= 11 is 0. The number of carbonyl (C=O) groups excluding carboxylic acids is 1. The third kappa shape index (κ3) is 4.05. The van der Waals surface area contributed by atoms with Crippen LogP contribution in [0.2, 0.25) is 0 Å². The number of amides is 1. The maximum Gasteiger partial charge on any atom is 0.237 e. The van der Waals surface area contributed by atoms with E-state index < -0.39 is 5.92 Å². The SMILES string of the molecule is CN(CCC1OCCO1)c1ccc(N=CC2C(=O)Nc3ccc(F)cc32)cc1. The van der Waals surface area contributed by atoms with Crippen LogP contribution < -0.4 is 10.2 Å². The molecule has 28 heavy (non-hydrogen) atoms. The van der Waals surface area contributed by atoms with Gasteiger partial charge in [0.05, 0.1) is 18.9 Å². The number of hydrogen-bond acceptors (Lipinski definition) is 5. The quantitative estimate of drug-likeness (QED) is 0.776. The van der Waals surface area contributed by atoms with Gasteiger partial charge >= 0.3 is 0 Å². The Balaban J connectivity index is 1.39. The molecule has 1 saturated heterocycles. The number of nitrogens with zero attached hydrogens (tertiary/aromatic N) is 2. The summed E-state index contributed by atoms with van der Waals surface area (Å²) < 4.78 is 24.4. The van der Waals surface area contributed by atoms with Gasteiger partial charge in [-0.1, -0.05) is 0 Å². The van der Waals surface area contributed by atoms with Crippen molar-refractivity contribution in [1.29, 1.82) is 0 Å². The highest BCUT2D eigenvalue weighted by molar-refractivity contribution is 6.12. The summed E-state index contributed by atoms with van der Waals surface area (Å²) in [5.74, 6) is -1.15. The van der Waals surface area contributed by atoms with Crippen molar-refractivity contribution >= 4 is 29.2 Å². The molecule has 2 heterocycles. The first-order valence-electron chi connectivity index (χ1n) is 9.29. The predicted molar refractivity (Wildman–Crippen MR) is 106 cm³/mol. The second-order valence-corrected chi connectivity index (χ2v) is 6.87. The number of carbonyl (C=O) groups is 1. The molecule has 6 nitrogen and oxygen atoms in total. The minimum absolute atomic E-state index is 0.114. The Morgan fingerprint density at radius 2 is 1.96 bits per heavy atom. The van der Waals surface area contributed by atoms with Gasteiger partial charge in [0.2, 0.25) is 5.91 Å². The number of benzene rings is 2. The summed E-state index contributed by atoms with van der Waals surface area (Å²) in [6.07, 6.45) is 2.26. The lowest BCUT2D eigenvalue weighted by Gasteiger charge is -2.20. The van der Waals surface area contributed by atoms with Gasteiger partial charge in [-0.25, -0.2) is 4.39 Å². The molecule has 2 aliphatic rings. The molecule has 0 spiro atoms. The van der Waals surface area contributed by atoms with Crippen LogP contribution in [0.25, 0.3) is 0 Å². The third-order valence-electron chi connectivity index (χ3n) is 4.94. The molecule has 1 fully saturated rings. The monoisotopic (exact) mass is 383 g/mol. The van der Waals surface area contributed by atoms with Gasteiger partial charge in [0.15, 0.2) is 6.29 Å². The Labute approximate surface area is 163 Å². The first kappa shape index (κ1) is 18.6. The molecule has 2 aromatic carbocycles. The summed E-state index contributed by atoms with van der Waals surface area (Å²) in [6.45, 7) is 2.15. The number of fused-ring (bicyclic) bond motifs is 1. The maximum absolute atomic E-state index is 13.5. The van der Waals surface area contributed by atoms with Crippen molar-refractivity contribution in [3.8, 4) is 0 Å². The zero-order chi connectivity index (χ0) is 19.5. The highest BCUT2D eigenvalue weighted by Crippen LogP contribution is 2.32. The molecular weight excluding hydrogens is 361 g/mol. The Morgan fingerprint density at radius 3 is 2.71 bits per heavy atom. The lowest BCUT2D eigenvalue weighted by atomic mass is 10.0. The molecule has 146 valence electrons. The fourth-order valence-electron chi connectivity index (χ4n) is 3.36. The highest BCUT2D eigenvalue weighted by atomic mass is 19.1. The Morgan fingerprint density at radius 1 is 1.21 bits per heavy atom. The van der Waals surface area contributed by atoms with Gasteiger partial charge in [-0.05, 0) is 48.0 Å². The summed E-state index contributed by atoms with van der Waals surface area (Å²) in [5.41, 5.74) is 3.04. The predicted octanol–water partition coefficient (Wildman–Crippen LogP) is 3.46. The van der Waals surface area contributed by atoms with Crippen molar-refractivity contribution in [2.24, 2.45) is 4.99 Å². The van der Waals surface area contributed by atoms with E-state index in [4.69, 9.17) is 9.47 Å². The molecule has 1 unspecified atom stereocenters. The van der Waals surface area contributed by atoms with E-state index in [-0.39, 0.29) is 18.0 Å². The number of hydrogen-bond donors (Lipinski definition) is 1. The van der Waals surface area contributed by atoms with Gasteiger partial charge in [0.25, 0.3) is 0 Å². The fraction of sp³-hybridized carbons (Fsp3) is 0.333. The van der Waals surface area contributed by atoms with Crippen LogP contribution in [0.4, 0.5) is 21.5 Å². The zero-order valence-corrected chi connectivity index (χ0v) is 15.6. The van der Waals surface area contributed by atoms with Crippen molar-refractivity contribution < 1.29 is 18.7 Å². The van der Waals surface area contributed by atoms with Crippen molar-refractivity contribution in [2.75, 3.05) is 37.0 Å². The van der Waals surface area contributed by atoms with E-state index in [2.05, 4.69) is 15.2 Å². The molecule has 2 aromatic rings. The molecule has 0 bridgehead atoms. The molecule has 0 radical (unpaired) electrons. The smallest absolute Gasteiger partial charge is 0.237 e. The van der Waals surface area contributed by atoms with E-state index in [0.29, 0.717) is 24.5 Å². The average molecular weight is 383 g/mol. The fourth-order valence-corrected chi connectivity index (χ4v) is 3.36. The number of nitrogens with one attached hydrogen (secondary N) is 1. The van der Waals surface area contributed by atoms with Crippen LogP contribution in [-0.2, 0) is 14.3 Å². The van der Waals surface area contributed by atoms with E-state index >= 15 is 0 Å². The number of aliphatic imine (C=N–C) groups is 1. The van der Waals surface area contributed by atoms with Gasteiger partial charge in [0.1, 0.15) is 11.7 Å². The first-order chi connectivity index (χ1) is 13.6. The van der Waals surface area contributed by atoms with Crippen LogP contribution in [0.3, 0.4) is 0 Å². The van der Waals surface area contributed by atoms with Crippen molar-refractivity contribution in [2.45, 2.75) is 18.6 Å². The lowest BCUT2D eigenvalue weighted by molar-refractivity contribution is -0.115. The molecule has 0 aliphatic carbocycles. The minimum Gasteiger partial charge on any atom is -0.374 e. The second kappa shape index (κ2) is 8.08. The van der Waals surface area contributed by atoms with E-state index in [1.807, 2.05) is 31.3 Å². The van der Waals surface area contributed by atoms with E-state index in [9.17, 15) is 9.18 Å². The molecule has 0 saturated carbocycles. The molecule has 7 heteroatoms. The molecule has 4 rings (SSSR count). The van der Waals surface area contributed by atoms with Crippen molar-refractivity contribution in [3.05, 3.63) is 53.8 Å². The number of halogens is 1. The van der Waals surface area contributed by atoms with Gasteiger partial charge in [-0.3, -0.25) is 9.79 Å². The van der Waals surface area contributed by atoms with Gasteiger partial charge in [0, 0.05) is 37.6 Å². The van der Waals surface area contributed by atoms with Crippen molar-refractivity contribution in [3.63, 3.8) is 0 Å². The summed E-state index contributed by atoms with van der Waals surface area (Å²) in [6, 6.07) is 12.0. The van der Waals surface area contributed by atoms with E-state index in [0.717, 1.165) is 24.3 Å². The Kier molecular flexibility index (Phi) is 5.36. The van der Waals surface area contributed by atoms with Crippen LogP contribution in [0.1, 0.15) is 17.9 Å². The van der Waals surface area contributed by atoms with Gasteiger partial charge < -0.3 is 19.7 Å². The van der Waals surface area contributed by atoms with Crippen LogP contribution in [0.15, 0.2) is 47.5 Å². The third-order valence-corrected chi connectivity index (χ3v) is 4.94. The maximum atomic E-state index is 13.5. The van der Waals surface area contributed by atoms with Crippen LogP contribution in [0.5, 0.6) is 0 Å². The summed E-state index contributed by atoms with van der Waals surface area (Å²) in [4.78, 5) is 18.7. The highest BCUT2D eigenvalue weighted by Gasteiger charge is 2.29. The van der Waals surface area contributed by atoms with Gasteiger partial charge in [-0.2, -0.15) is 0 Å². The molecule has 0 aromatic heterocycles. The topological polar surface area (TPSA) is 63.2 Å². The van der Waals surface area contributed by atoms with Gasteiger partial charge in [-0.15, -0.1) is 0 Å². The molecule has 1 N–H and O–H groups in total. The molecule has 2 aliphatic heterocycles. The summed E-state index contributed by atoms with van der Waals surface area (Å²) in [7, 11) is 2.02. The molecule has 1 atom stereocenters. The van der Waals surface area contributed by atoms with Crippen LogP contribution in [-0.4, -0.2) is 45.2 Å². The number of ether oxygens (including phenoxy) is 2. The Bertz CT molecular complexity index is 879. The summed E-state index contributed by atoms with van der Waals surface area (Å²) in [5, 5.41) is 2.75. The minimum atomic E-state index is -0.584. The molecule has 1 amide bonds. The zero-order valence-electron chi connectivity index (χ0n) is 15.6. The largest absolute Gasteiger partial charge is 0.374 e. The van der Waals surface area contributed by atoms with Crippen LogP contribution in [0, 0.1) is 5.82 Å². The van der Waals surface area contributed by atoms with Crippen LogP contribution >= 0.6 is 0 Å². The molecular formula is C21H22FN3O3. The number of anilines is 2.